The molecule has 2 aliphatic heterocycles. The Labute approximate surface area is 203 Å². The maximum absolute atomic E-state index is 13.2. The van der Waals surface area contributed by atoms with Crippen LogP contribution in [0.5, 0.6) is 5.75 Å². The molecular weight excluding hydrogens is 470 g/mol. The number of cyclic esters (lactones) is 2. The monoisotopic (exact) mass is 491 g/mol. The van der Waals surface area contributed by atoms with Crippen LogP contribution < -0.4 is 4.87 Å². The topological polar surface area (TPSA) is 85.6 Å². The minimum atomic E-state index is -0.405. The molecule has 0 radical (unpaired) electrons. The zero-order valence-corrected chi connectivity index (χ0v) is 19.6. The second-order valence-corrected chi connectivity index (χ2v) is 11.8. The van der Waals surface area contributed by atoms with Crippen LogP contribution in [0.2, 0.25) is 0 Å². The number of carbonyl (C=O) groups excluding carboxylic acids is 2. The molecule has 6 nitrogen and oxygen atoms in total. The van der Waals surface area contributed by atoms with Crippen molar-refractivity contribution in [2.24, 2.45) is 29.6 Å². The first-order chi connectivity index (χ1) is 16.5. The van der Waals surface area contributed by atoms with Crippen molar-refractivity contribution in [2.45, 2.75) is 29.2 Å². The van der Waals surface area contributed by atoms with Crippen LogP contribution in [-0.2, 0) is 20.9 Å². The van der Waals surface area contributed by atoms with Crippen LogP contribution in [0.1, 0.15) is 28.3 Å². The highest BCUT2D eigenvalue weighted by Crippen LogP contribution is 2.68. The highest BCUT2D eigenvalue weighted by molar-refractivity contribution is 8.00. The zero-order valence-electron chi connectivity index (χ0n) is 18.0. The van der Waals surface area contributed by atoms with Gasteiger partial charge in [-0.15, -0.1) is 11.8 Å². The third-order valence-electron chi connectivity index (χ3n) is 8.14. The van der Waals surface area contributed by atoms with Crippen LogP contribution in [0.4, 0.5) is 0 Å². The fourth-order valence-electron chi connectivity index (χ4n) is 6.92. The molecule has 4 aliphatic rings. The second kappa shape index (κ2) is 7.33. The number of hydrogen-bond donors (Lipinski definition) is 1. The average Bonchev–Trinajstić information content (AvgIpc) is 3.55. The molecule has 34 heavy (non-hydrogen) atoms. The highest BCUT2D eigenvalue weighted by Gasteiger charge is 2.69. The summed E-state index contributed by atoms with van der Waals surface area (Å²) < 4.78 is 6.91. The smallest absolute Gasteiger partial charge is 0.317 e. The lowest BCUT2D eigenvalue weighted by Gasteiger charge is -2.43. The molecule has 7 atom stereocenters. The molecule has 2 bridgehead atoms. The van der Waals surface area contributed by atoms with Crippen molar-refractivity contribution in [3.63, 3.8) is 0 Å². The lowest BCUT2D eigenvalue weighted by Crippen LogP contribution is -2.43. The molecule has 2 aliphatic carbocycles. The van der Waals surface area contributed by atoms with Gasteiger partial charge in [-0.05, 0) is 35.8 Å². The van der Waals surface area contributed by atoms with Gasteiger partial charge in [0.2, 0.25) is 0 Å². The molecule has 1 N–H and O–H groups in total. The number of benzene rings is 2. The van der Waals surface area contributed by atoms with Crippen molar-refractivity contribution in [1.82, 2.24) is 4.57 Å². The molecule has 1 saturated heterocycles. The third kappa shape index (κ3) is 2.72. The van der Waals surface area contributed by atoms with E-state index in [2.05, 4.69) is 0 Å². The zero-order chi connectivity index (χ0) is 23.1. The number of ether oxygens (including phenoxy) is 1. The van der Waals surface area contributed by atoms with Gasteiger partial charge in [-0.3, -0.25) is 19.0 Å². The Bertz CT molecular complexity index is 1400. The number of fused-ring (bicyclic) bond motifs is 9. The Morgan fingerprint density at radius 2 is 1.65 bits per heavy atom. The lowest BCUT2D eigenvalue weighted by molar-refractivity contribution is -0.154. The summed E-state index contributed by atoms with van der Waals surface area (Å²) in [6, 6.07) is 17.2. The molecule has 0 spiro atoms. The number of thiazole rings is 1. The van der Waals surface area contributed by atoms with E-state index >= 15 is 0 Å². The highest BCUT2D eigenvalue weighted by atomic mass is 32.2. The maximum Gasteiger partial charge on any atom is 0.317 e. The molecule has 172 valence electrons. The van der Waals surface area contributed by atoms with Gasteiger partial charge >= 0.3 is 16.8 Å². The van der Waals surface area contributed by atoms with Gasteiger partial charge < -0.3 is 9.84 Å². The number of phenols is 1. The van der Waals surface area contributed by atoms with Crippen LogP contribution in [-0.4, -0.2) is 26.9 Å². The Morgan fingerprint density at radius 3 is 2.41 bits per heavy atom. The maximum atomic E-state index is 13.2. The SMILES string of the molecule is O=C1OC(=O)[C@@H]2[C@H]3C[C@H]([C@@H]12)[C@H]1[C@@H](c2ccccc2O)c2sc(=O)n(Cc4ccccc4)c2S[C@@H]31. The van der Waals surface area contributed by atoms with E-state index < -0.39 is 17.9 Å². The van der Waals surface area contributed by atoms with Crippen LogP contribution >= 0.6 is 23.1 Å². The number of thioether (sulfide) groups is 1. The van der Waals surface area contributed by atoms with E-state index in [1.165, 1.54) is 11.3 Å². The van der Waals surface area contributed by atoms with Crippen molar-refractivity contribution >= 4 is 35.0 Å². The van der Waals surface area contributed by atoms with Gasteiger partial charge in [-0.1, -0.05) is 59.9 Å². The van der Waals surface area contributed by atoms with E-state index in [9.17, 15) is 19.5 Å². The van der Waals surface area contributed by atoms with Crippen molar-refractivity contribution in [3.8, 4) is 5.75 Å². The van der Waals surface area contributed by atoms with E-state index in [0.717, 1.165) is 27.5 Å². The first kappa shape index (κ1) is 20.5. The fourth-order valence-corrected chi connectivity index (χ4v) is 10.1. The van der Waals surface area contributed by atoms with Crippen LogP contribution in [0.3, 0.4) is 0 Å². The molecule has 2 aromatic carbocycles. The normalized spacial score (nSPS) is 32.9. The largest absolute Gasteiger partial charge is 0.508 e. The summed E-state index contributed by atoms with van der Waals surface area (Å²) in [6.45, 7) is 0.476. The van der Waals surface area contributed by atoms with Crippen LogP contribution in [0, 0.1) is 29.6 Å². The number of aromatic hydroxyl groups is 1. The number of para-hydroxylation sites is 1. The Kier molecular flexibility index (Phi) is 4.42. The summed E-state index contributed by atoms with van der Waals surface area (Å²) in [4.78, 5) is 39.3. The minimum absolute atomic E-state index is 0.00369. The molecule has 8 heteroatoms. The quantitative estimate of drug-likeness (QED) is 0.443. The minimum Gasteiger partial charge on any atom is -0.508 e. The number of nitrogens with zero attached hydrogens (tertiary/aromatic N) is 1. The van der Waals surface area contributed by atoms with Gasteiger partial charge in [0.1, 0.15) is 5.75 Å². The summed E-state index contributed by atoms with van der Waals surface area (Å²) in [5.74, 6) is -1.49. The number of hydrogen-bond acceptors (Lipinski definition) is 7. The number of aromatic nitrogens is 1. The Hall–Kier alpha value is -2.84. The first-order valence-corrected chi connectivity index (χ1v) is 13.2. The van der Waals surface area contributed by atoms with E-state index in [1.54, 1.807) is 23.9 Å². The van der Waals surface area contributed by atoms with E-state index in [1.807, 2.05) is 47.0 Å². The molecular formula is C26H21NO5S2. The van der Waals surface area contributed by atoms with E-state index in [4.69, 9.17) is 4.74 Å². The predicted molar refractivity (Wildman–Crippen MR) is 127 cm³/mol. The summed E-state index contributed by atoms with van der Waals surface area (Å²) in [5, 5.41) is 11.8. The molecule has 3 aromatic rings. The van der Waals surface area contributed by atoms with E-state index in [0.29, 0.717) is 6.54 Å². The molecule has 2 saturated carbocycles. The van der Waals surface area contributed by atoms with Gasteiger partial charge in [-0.25, -0.2) is 0 Å². The summed E-state index contributed by atoms with van der Waals surface area (Å²) >= 11 is 2.93. The number of rotatable bonds is 3. The molecule has 3 fully saturated rings. The standard InChI is InChI=1S/C26H21NO5S2/c28-16-9-5-4-8-13(16)17-18-14-10-15(20-19(14)24(29)32-25(20)30)21(18)33-23-22(17)34-26(31)27(23)11-12-6-2-1-3-7-12/h1-9,14-15,17-21,28H,10-11H2/t14-,15+,17+,18-,19+,20+,21-/m0/s1. The molecule has 0 amide bonds. The lowest BCUT2D eigenvalue weighted by atomic mass is 9.68. The van der Waals surface area contributed by atoms with Gasteiger partial charge in [0, 0.05) is 21.6 Å². The van der Waals surface area contributed by atoms with Gasteiger partial charge in [0.25, 0.3) is 0 Å². The second-order valence-electron chi connectivity index (χ2n) is 9.66. The van der Waals surface area contributed by atoms with Crippen molar-refractivity contribution in [3.05, 3.63) is 80.3 Å². The Balaban J connectivity index is 1.40. The number of carbonyl (C=O) groups is 2. The fraction of sp³-hybridized carbons (Fsp3) is 0.346. The molecule has 1 aromatic heterocycles. The molecule has 7 rings (SSSR count). The summed E-state index contributed by atoms with van der Waals surface area (Å²) in [7, 11) is 0. The van der Waals surface area contributed by atoms with Crippen molar-refractivity contribution in [1.29, 1.82) is 0 Å². The van der Waals surface area contributed by atoms with Crippen molar-refractivity contribution in [2.75, 3.05) is 0 Å². The third-order valence-corrected chi connectivity index (χ3v) is 10.9. The Morgan fingerprint density at radius 1 is 0.941 bits per heavy atom. The van der Waals surface area contributed by atoms with Crippen molar-refractivity contribution < 1.29 is 19.4 Å². The van der Waals surface area contributed by atoms with Gasteiger partial charge in [-0.2, -0.15) is 0 Å². The predicted octanol–water partition coefficient (Wildman–Crippen LogP) is 3.85. The van der Waals surface area contributed by atoms with Gasteiger partial charge in [0.15, 0.2) is 0 Å². The van der Waals surface area contributed by atoms with Gasteiger partial charge in [0.05, 0.1) is 23.4 Å². The number of esters is 2. The summed E-state index contributed by atoms with van der Waals surface area (Å²) in [5.41, 5.74) is 1.83. The molecule has 0 unspecified atom stereocenters. The molecule has 3 heterocycles. The number of phenolic OH excluding ortho intramolecular Hbond substituents is 1. The van der Waals surface area contributed by atoms with Crippen LogP contribution in [0.25, 0.3) is 0 Å². The average molecular weight is 492 g/mol. The van der Waals surface area contributed by atoms with Crippen LogP contribution in [0.15, 0.2) is 64.4 Å². The first-order valence-electron chi connectivity index (χ1n) is 11.5. The van der Waals surface area contributed by atoms with E-state index in [-0.39, 0.29) is 45.5 Å². The summed E-state index contributed by atoms with van der Waals surface area (Å²) in [6.07, 6.45) is 0.806.